The monoisotopic (exact) mass is 287 g/mol. The molecule has 0 spiro atoms. The van der Waals surface area contributed by atoms with Gasteiger partial charge in [-0.1, -0.05) is 31.5 Å². The third-order valence-electron chi connectivity index (χ3n) is 4.06. The molecule has 2 N–H and O–H groups in total. The Bertz CT molecular complexity index is 399. The van der Waals surface area contributed by atoms with Crippen LogP contribution in [0.25, 0.3) is 0 Å². The van der Waals surface area contributed by atoms with Crippen LogP contribution in [0.2, 0.25) is 5.02 Å². The van der Waals surface area contributed by atoms with Crippen molar-refractivity contribution >= 4 is 11.6 Å². The summed E-state index contributed by atoms with van der Waals surface area (Å²) < 4.78 is 13.4. The van der Waals surface area contributed by atoms with E-state index in [1.54, 1.807) is 6.07 Å². The first-order chi connectivity index (χ1) is 8.98. The van der Waals surface area contributed by atoms with Crippen molar-refractivity contribution in [2.75, 3.05) is 13.2 Å². The third-order valence-corrected chi connectivity index (χ3v) is 4.37. The predicted octanol–water partition coefficient (Wildman–Crippen LogP) is 3.93. The first-order valence-corrected chi connectivity index (χ1v) is 7.15. The van der Waals surface area contributed by atoms with Gasteiger partial charge in [0.2, 0.25) is 0 Å². The quantitative estimate of drug-likeness (QED) is 0.796. The number of aliphatic hydroxyl groups excluding tert-OH is 1. The summed E-state index contributed by atoms with van der Waals surface area (Å²) in [6.07, 6.45) is 1.82. The van der Waals surface area contributed by atoms with Crippen molar-refractivity contribution in [2.45, 2.75) is 39.7 Å². The lowest BCUT2D eigenvalue weighted by Crippen LogP contribution is -2.37. The molecule has 0 heterocycles. The van der Waals surface area contributed by atoms with Gasteiger partial charge < -0.3 is 10.4 Å². The van der Waals surface area contributed by atoms with E-state index >= 15 is 0 Å². The molecule has 0 fully saturated rings. The Morgan fingerprint density at radius 2 is 2.00 bits per heavy atom. The molecule has 4 heteroatoms. The molecule has 0 aromatic heterocycles. The highest BCUT2D eigenvalue weighted by Gasteiger charge is 2.25. The first kappa shape index (κ1) is 16.4. The lowest BCUT2D eigenvalue weighted by Gasteiger charge is -2.31. The molecule has 1 aromatic rings. The van der Waals surface area contributed by atoms with Crippen LogP contribution in [0.1, 0.15) is 45.2 Å². The van der Waals surface area contributed by atoms with Gasteiger partial charge in [-0.2, -0.15) is 0 Å². The fraction of sp³-hybridized carbons (Fsp3) is 0.600. The number of benzene rings is 1. The van der Waals surface area contributed by atoms with Gasteiger partial charge in [0.1, 0.15) is 5.82 Å². The van der Waals surface area contributed by atoms with Crippen LogP contribution in [0.4, 0.5) is 4.39 Å². The summed E-state index contributed by atoms with van der Waals surface area (Å²) >= 11 is 5.67. The number of aliphatic hydroxyl groups is 1. The third kappa shape index (κ3) is 4.16. The van der Waals surface area contributed by atoms with Crippen LogP contribution in [-0.2, 0) is 0 Å². The van der Waals surface area contributed by atoms with Crippen LogP contribution in [0.15, 0.2) is 18.2 Å². The molecule has 19 heavy (non-hydrogen) atoms. The van der Waals surface area contributed by atoms with Crippen molar-refractivity contribution < 1.29 is 9.50 Å². The minimum Gasteiger partial charge on any atom is -0.396 e. The van der Waals surface area contributed by atoms with Crippen molar-refractivity contribution in [2.24, 2.45) is 5.41 Å². The summed E-state index contributed by atoms with van der Waals surface area (Å²) in [4.78, 5) is 0. The summed E-state index contributed by atoms with van der Waals surface area (Å²) in [7, 11) is 0. The maximum atomic E-state index is 13.4. The second kappa shape index (κ2) is 7.22. The molecule has 1 rings (SSSR count). The topological polar surface area (TPSA) is 32.3 Å². The molecule has 0 saturated heterocycles. The predicted molar refractivity (Wildman–Crippen MR) is 77.9 cm³/mol. The number of hydrogen-bond donors (Lipinski definition) is 2. The Balaban J connectivity index is 2.69. The normalized spacial score (nSPS) is 13.6. The second-order valence-electron chi connectivity index (χ2n) is 5.14. The van der Waals surface area contributed by atoms with Gasteiger partial charge in [0.05, 0.1) is 5.02 Å². The molecule has 0 bridgehead atoms. The maximum absolute atomic E-state index is 13.4. The standard InChI is InChI=1S/C15H23ClFNO/c1-4-15(5-2,10-19)9-18-11(3)12-6-7-13(16)14(17)8-12/h6-8,11,18-19H,4-5,9-10H2,1-3H3. The van der Waals surface area contributed by atoms with E-state index in [1.165, 1.54) is 6.07 Å². The highest BCUT2D eigenvalue weighted by Crippen LogP contribution is 2.26. The van der Waals surface area contributed by atoms with Crippen molar-refractivity contribution in [3.05, 3.63) is 34.6 Å². The van der Waals surface area contributed by atoms with Gasteiger partial charge in [-0.3, -0.25) is 0 Å². The zero-order chi connectivity index (χ0) is 14.5. The molecule has 0 aliphatic carbocycles. The molecule has 0 saturated carbocycles. The Kier molecular flexibility index (Phi) is 6.24. The average molecular weight is 288 g/mol. The number of nitrogens with one attached hydrogen (secondary N) is 1. The first-order valence-electron chi connectivity index (χ1n) is 6.77. The van der Waals surface area contributed by atoms with E-state index in [0.717, 1.165) is 18.4 Å². The molecule has 0 aliphatic rings. The molecule has 108 valence electrons. The summed E-state index contributed by atoms with van der Waals surface area (Å²) in [6, 6.07) is 4.87. The second-order valence-corrected chi connectivity index (χ2v) is 5.55. The number of hydrogen-bond acceptors (Lipinski definition) is 2. The van der Waals surface area contributed by atoms with Crippen LogP contribution in [0.3, 0.4) is 0 Å². The zero-order valence-corrected chi connectivity index (χ0v) is 12.6. The largest absolute Gasteiger partial charge is 0.396 e. The fourth-order valence-electron chi connectivity index (χ4n) is 2.05. The highest BCUT2D eigenvalue weighted by atomic mass is 35.5. The van der Waals surface area contributed by atoms with Gasteiger partial charge in [-0.05, 0) is 37.5 Å². The summed E-state index contributed by atoms with van der Waals surface area (Å²) in [5, 5.41) is 13.0. The molecule has 1 atom stereocenters. The van der Waals surface area contributed by atoms with E-state index in [9.17, 15) is 9.50 Å². The lowest BCUT2D eigenvalue weighted by atomic mass is 9.83. The molecular formula is C15H23ClFNO. The maximum Gasteiger partial charge on any atom is 0.142 e. The molecule has 0 aliphatic heterocycles. The minimum absolute atomic E-state index is 0.0239. The van der Waals surface area contributed by atoms with Crippen molar-refractivity contribution in [3.63, 3.8) is 0 Å². The van der Waals surface area contributed by atoms with Crippen LogP contribution in [-0.4, -0.2) is 18.3 Å². The average Bonchev–Trinajstić information content (AvgIpc) is 2.43. The van der Waals surface area contributed by atoms with Gasteiger partial charge in [0, 0.05) is 24.6 Å². The van der Waals surface area contributed by atoms with Crippen LogP contribution < -0.4 is 5.32 Å². The molecule has 1 aromatic carbocycles. The van der Waals surface area contributed by atoms with E-state index in [-0.39, 0.29) is 23.1 Å². The summed E-state index contributed by atoms with van der Waals surface area (Å²) in [5.41, 5.74) is 0.764. The molecule has 1 unspecified atom stereocenters. The van der Waals surface area contributed by atoms with Gasteiger partial charge in [-0.15, -0.1) is 0 Å². The molecular weight excluding hydrogens is 265 g/mol. The smallest absolute Gasteiger partial charge is 0.142 e. The Morgan fingerprint density at radius 1 is 1.37 bits per heavy atom. The molecule has 2 nitrogen and oxygen atoms in total. The van der Waals surface area contributed by atoms with E-state index in [2.05, 4.69) is 19.2 Å². The van der Waals surface area contributed by atoms with Gasteiger partial charge in [0.15, 0.2) is 0 Å². The number of halogens is 2. The van der Waals surface area contributed by atoms with Crippen LogP contribution >= 0.6 is 11.6 Å². The summed E-state index contributed by atoms with van der Waals surface area (Å²) in [6.45, 7) is 7.01. The summed E-state index contributed by atoms with van der Waals surface area (Å²) in [5.74, 6) is -0.396. The molecule has 0 amide bonds. The van der Waals surface area contributed by atoms with E-state index < -0.39 is 5.82 Å². The van der Waals surface area contributed by atoms with Crippen molar-refractivity contribution in [3.8, 4) is 0 Å². The van der Waals surface area contributed by atoms with Crippen LogP contribution in [0, 0.1) is 11.2 Å². The van der Waals surface area contributed by atoms with Crippen molar-refractivity contribution in [1.82, 2.24) is 5.32 Å². The lowest BCUT2D eigenvalue weighted by molar-refractivity contribution is 0.110. The Labute approximate surface area is 120 Å². The van der Waals surface area contributed by atoms with Crippen LogP contribution in [0.5, 0.6) is 0 Å². The zero-order valence-electron chi connectivity index (χ0n) is 11.8. The Hall–Kier alpha value is -0.640. The van der Waals surface area contributed by atoms with Crippen molar-refractivity contribution in [1.29, 1.82) is 0 Å². The SMILES string of the molecule is CCC(CC)(CO)CNC(C)c1ccc(Cl)c(F)c1. The fourth-order valence-corrected chi connectivity index (χ4v) is 2.17. The highest BCUT2D eigenvalue weighted by molar-refractivity contribution is 6.30. The molecule has 0 radical (unpaired) electrons. The van der Waals surface area contributed by atoms with Gasteiger partial charge in [0.25, 0.3) is 0 Å². The van der Waals surface area contributed by atoms with E-state index in [1.807, 2.05) is 13.0 Å². The van der Waals surface area contributed by atoms with E-state index in [0.29, 0.717) is 6.54 Å². The minimum atomic E-state index is -0.396. The van der Waals surface area contributed by atoms with Gasteiger partial charge >= 0.3 is 0 Å². The van der Waals surface area contributed by atoms with Gasteiger partial charge in [-0.25, -0.2) is 4.39 Å². The number of rotatable bonds is 7. The Morgan fingerprint density at radius 3 is 2.47 bits per heavy atom. The van der Waals surface area contributed by atoms with E-state index in [4.69, 9.17) is 11.6 Å².